The maximum absolute atomic E-state index is 13.8. The molecule has 11 heteroatoms. The van der Waals surface area contributed by atoms with E-state index in [0.29, 0.717) is 72.9 Å². The van der Waals surface area contributed by atoms with Crippen molar-refractivity contribution in [1.29, 1.82) is 0 Å². The molecule has 2 N–H and O–H groups in total. The third kappa shape index (κ3) is 3.53. The number of nitrogens with one attached hydrogen (secondary N) is 2. The second-order valence-corrected chi connectivity index (χ2v) is 9.62. The van der Waals surface area contributed by atoms with Crippen LogP contribution in [0.15, 0.2) is 30.5 Å². The van der Waals surface area contributed by atoms with Gasteiger partial charge in [-0.3, -0.25) is 14.9 Å². The number of rotatable bonds is 3. The van der Waals surface area contributed by atoms with Gasteiger partial charge in [-0.05, 0) is 51.0 Å². The van der Waals surface area contributed by atoms with Crippen molar-refractivity contribution in [2.24, 2.45) is 0 Å². The van der Waals surface area contributed by atoms with E-state index < -0.39 is 11.6 Å². The van der Waals surface area contributed by atoms with E-state index in [1.807, 2.05) is 32.0 Å². The Morgan fingerprint density at radius 2 is 1.83 bits per heavy atom. The molecule has 2 saturated heterocycles. The number of urea groups is 1. The first-order chi connectivity index (χ1) is 17.3. The van der Waals surface area contributed by atoms with E-state index in [-0.39, 0.29) is 17.9 Å². The fourth-order valence-electron chi connectivity index (χ4n) is 5.07. The van der Waals surface area contributed by atoms with E-state index >= 15 is 0 Å². The summed E-state index contributed by atoms with van der Waals surface area (Å²) < 4.78 is 13.2. The molecule has 1 spiro atoms. The minimum atomic E-state index is -0.944. The maximum Gasteiger partial charge on any atom is 0.322 e. The second kappa shape index (κ2) is 8.21. The SMILES string of the molecule is CC(C)n1ncc2c(C(=O)N3CCC4(CC3)NC(=O)NC4=O)cc(-c3ccc4c(c3)OCCO4)nc21. The first kappa shape index (κ1) is 22.3. The van der Waals surface area contributed by atoms with Gasteiger partial charge in [0.15, 0.2) is 17.1 Å². The number of nitrogens with zero attached hydrogens (tertiary/aromatic N) is 4. The highest BCUT2D eigenvalue weighted by Gasteiger charge is 2.48. The number of carbonyl (C=O) groups is 3. The van der Waals surface area contributed by atoms with Gasteiger partial charge in [0.25, 0.3) is 11.8 Å². The van der Waals surface area contributed by atoms with E-state index in [4.69, 9.17) is 14.5 Å². The Morgan fingerprint density at radius 3 is 2.53 bits per heavy atom. The number of pyridine rings is 1. The van der Waals surface area contributed by atoms with Gasteiger partial charge < -0.3 is 19.7 Å². The fraction of sp³-hybridized carbons (Fsp3) is 0.400. The van der Waals surface area contributed by atoms with Crippen LogP contribution < -0.4 is 20.1 Å². The summed E-state index contributed by atoms with van der Waals surface area (Å²) in [4.78, 5) is 44.4. The maximum atomic E-state index is 13.8. The molecule has 0 saturated carbocycles. The van der Waals surface area contributed by atoms with Crippen LogP contribution in [-0.4, -0.2) is 69.4 Å². The molecule has 6 rings (SSSR count). The van der Waals surface area contributed by atoms with Crippen molar-refractivity contribution in [2.45, 2.75) is 38.3 Å². The summed E-state index contributed by atoms with van der Waals surface area (Å²) in [5.74, 6) is 0.832. The summed E-state index contributed by atoms with van der Waals surface area (Å²) in [5.41, 5.74) is 1.60. The van der Waals surface area contributed by atoms with Crippen molar-refractivity contribution in [3.05, 3.63) is 36.0 Å². The third-order valence-corrected chi connectivity index (χ3v) is 7.04. The highest BCUT2D eigenvalue weighted by atomic mass is 16.6. The smallest absolute Gasteiger partial charge is 0.322 e. The van der Waals surface area contributed by atoms with Crippen LogP contribution in [0.25, 0.3) is 22.3 Å². The topological polar surface area (TPSA) is 128 Å². The van der Waals surface area contributed by atoms with E-state index in [9.17, 15) is 14.4 Å². The van der Waals surface area contributed by atoms with Gasteiger partial charge >= 0.3 is 6.03 Å². The van der Waals surface area contributed by atoms with Crippen LogP contribution in [0.4, 0.5) is 4.79 Å². The molecule has 0 radical (unpaired) electrons. The number of piperidine rings is 1. The first-order valence-corrected chi connectivity index (χ1v) is 12.1. The normalized spacial score (nSPS) is 18.6. The zero-order valence-electron chi connectivity index (χ0n) is 20.0. The van der Waals surface area contributed by atoms with Gasteiger partial charge in [-0.2, -0.15) is 5.10 Å². The lowest BCUT2D eigenvalue weighted by Gasteiger charge is -2.37. The molecular formula is C25H26N6O5. The van der Waals surface area contributed by atoms with E-state index in [1.165, 1.54) is 0 Å². The predicted molar refractivity (Wildman–Crippen MR) is 129 cm³/mol. The molecular weight excluding hydrogens is 464 g/mol. The summed E-state index contributed by atoms with van der Waals surface area (Å²) in [6.45, 7) is 5.68. The van der Waals surface area contributed by atoms with Gasteiger partial charge in [-0.15, -0.1) is 0 Å². The Balaban J connectivity index is 1.37. The standard InChI is InChI=1S/C25H26N6O5/c1-14(2)31-21-17(13-26-31)16(12-18(27-21)15-3-4-19-20(11-15)36-10-9-35-19)22(32)30-7-5-25(6-8-30)23(33)28-24(34)29-25/h3-4,11-14H,5-10H2,1-2H3,(H2,28,29,33,34). The first-order valence-electron chi connectivity index (χ1n) is 12.1. The quantitative estimate of drug-likeness (QED) is 0.539. The van der Waals surface area contributed by atoms with Crippen LogP contribution in [0.5, 0.6) is 11.5 Å². The van der Waals surface area contributed by atoms with Gasteiger partial charge in [-0.25, -0.2) is 14.5 Å². The Kier molecular flexibility index (Phi) is 5.09. The lowest BCUT2D eigenvalue weighted by Crippen LogP contribution is -2.55. The molecule has 0 unspecified atom stereocenters. The number of ether oxygens (including phenoxy) is 2. The summed E-state index contributed by atoms with van der Waals surface area (Å²) >= 11 is 0. The van der Waals surface area contributed by atoms with Crippen molar-refractivity contribution >= 4 is 28.9 Å². The van der Waals surface area contributed by atoms with E-state index in [1.54, 1.807) is 21.8 Å². The number of fused-ring (bicyclic) bond motifs is 2. The number of hydrogen-bond donors (Lipinski definition) is 2. The number of benzene rings is 1. The minimum Gasteiger partial charge on any atom is -0.486 e. The number of likely N-dealkylation sites (tertiary alicyclic amines) is 1. The molecule has 3 aliphatic heterocycles. The van der Waals surface area contributed by atoms with Crippen LogP contribution in [0.2, 0.25) is 0 Å². The van der Waals surface area contributed by atoms with Crippen LogP contribution >= 0.6 is 0 Å². The molecule has 11 nitrogen and oxygen atoms in total. The second-order valence-electron chi connectivity index (χ2n) is 9.62. The molecule has 1 aromatic carbocycles. The van der Waals surface area contributed by atoms with Gasteiger partial charge in [0.1, 0.15) is 18.8 Å². The lowest BCUT2D eigenvalue weighted by atomic mass is 9.87. The summed E-state index contributed by atoms with van der Waals surface area (Å²) in [6, 6.07) is 6.98. The van der Waals surface area contributed by atoms with Gasteiger partial charge in [-0.1, -0.05) is 0 Å². The van der Waals surface area contributed by atoms with Crippen LogP contribution in [-0.2, 0) is 4.79 Å². The number of hydrogen-bond acceptors (Lipinski definition) is 7. The average molecular weight is 491 g/mol. The van der Waals surface area contributed by atoms with Crippen molar-refractivity contribution in [2.75, 3.05) is 26.3 Å². The Morgan fingerprint density at radius 1 is 1.08 bits per heavy atom. The summed E-state index contributed by atoms with van der Waals surface area (Å²) in [6.07, 6.45) is 2.38. The molecule has 0 atom stereocenters. The Labute approximate surface area is 206 Å². The van der Waals surface area contributed by atoms with Crippen molar-refractivity contribution in [3.63, 3.8) is 0 Å². The molecule has 3 aliphatic rings. The van der Waals surface area contributed by atoms with E-state index in [2.05, 4.69) is 15.7 Å². The molecule has 0 bridgehead atoms. The molecule has 186 valence electrons. The molecule has 3 aromatic rings. The fourth-order valence-corrected chi connectivity index (χ4v) is 5.07. The van der Waals surface area contributed by atoms with Crippen LogP contribution in [0.3, 0.4) is 0 Å². The molecule has 36 heavy (non-hydrogen) atoms. The van der Waals surface area contributed by atoms with Gasteiger partial charge in [0, 0.05) is 24.7 Å². The molecule has 5 heterocycles. The third-order valence-electron chi connectivity index (χ3n) is 7.04. The zero-order valence-corrected chi connectivity index (χ0v) is 20.0. The van der Waals surface area contributed by atoms with Crippen LogP contribution in [0.1, 0.15) is 43.1 Å². The molecule has 0 aliphatic carbocycles. The van der Waals surface area contributed by atoms with Gasteiger partial charge in [0.2, 0.25) is 0 Å². The highest BCUT2D eigenvalue weighted by molar-refractivity contribution is 6.08. The molecule has 2 aromatic heterocycles. The Bertz CT molecular complexity index is 1410. The Hall–Kier alpha value is -4.15. The van der Waals surface area contributed by atoms with Crippen molar-refractivity contribution in [3.8, 4) is 22.8 Å². The largest absolute Gasteiger partial charge is 0.486 e. The summed E-state index contributed by atoms with van der Waals surface area (Å²) in [7, 11) is 0. The van der Waals surface area contributed by atoms with Crippen molar-refractivity contribution in [1.82, 2.24) is 30.3 Å². The average Bonchev–Trinajstić information content (AvgIpc) is 3.43. The number of aromatic nitrogens is 3. The van der Waals surface area contributed by atoms with Gasteiger partial charge in [0.05, 0.1) is 22.8 Å². The minimum absolute atomic E-state index is 0.0489. The number of carbonyl (C=O) groups excluding carboxylic acids is 3. The predicted octanol–water partition coefficient (Wildman–Crippen LogP) is 2.26. The van der Waals surface area contributed by atoms with E-state index in [0.717, 1.165) is 5.56 Å². The highest BCUT2D eigenvalue weighted by Crippen LogP contribution is 2.36. The zero-order chi connectivity index (χ0) is 25.0. The van der Waals surface area contributed by atoms with Crippen LogP contribution in [0, 0.1) is 0 Å². The van der Waals surface area contributed by atoms with Crippen molar-refractivity contribution < 1.29 is 23.9 Å². The molecule has 2 fully saturated rings. The number of imide groups is 1. The lowest BCUT2D eigenvalue weighted by molar-refractivity contribution is -0.125. The summed E-state index contributed by atoms with van der Waals surface area (Å²) in [5, 5.41) is 10.2. The number of amides is 4. The monoisotopic (exact) mass is 490 g/mol. The molecule has 4 amide bonds.